The molecule has 0 aliphatic carbocycles. The van der Waals surface area contributed by atoms with Crippen LogP contribution < -0.4 is 0 Å². The Kier molecular flexibility index (Phi) is 3.79. The highest BCUT2D eigenvalue weighted by Crippen LogP contribution is 2.23. The maximum absolute atomic E-state index is 13.8. The van der Waals surface area contributed by atoms with Crippen LogP contribution in [0.3, 0.4) is 0 Å². The van der Waals surface area contributed by atoms with Gasteiger partial charge in [0.25, 0.3) is 0 Å². The van der Waals surface area contributed by atoms with E-state index in [1.165, 1.54) is 13.2 Å². The Balaban J connectivity index is 2.58. The maximum Gasteiger partial charge on any atom is 0.311 e. The van der Waals surface area contributed by atoms with Gasteiger partial charge in [0.05, 0.1) is 19.2 Å². The van der Waals surface area contributed by atoms with Crippen LogP contribution in [0, 0.1) is 16.3 Å². The van der Waals surface area contributed by atoms with Crippen molar-refractivity contribution in [1.82, 2.24) is 4.98 Å². The first-order chi connectivity index (χ1) is 8.51. The number of halogens is 2. The molecule has 0 aliphatic heterocycles. The monoisotopic (exact) mass is 359 g/mol. The van der Waals surface area contributed by atoms with E-state index in [2.05, 4.69) is 32.3 Å². The Morgan fingerprint density at radius 3 is 2.83 bits per heavy atom. The Morgan fingerprint density at radius 2 is 2.17 bits per heavy atom. The number of pyridine rings is 1. The van der Waals surface area contributed by atoms with Crippen molar-refractivity contribution in [3.8, 4) is 0 Å². The van der Waals surface area contributed by atoms with E-state index in [9.17, 15) is 9.18 Å². The van der Waals surface area contributed by atoms with Gasteiger partial charge in [0.15, 0.2) is 0 Å². The molecule has 2 rings (SSSR count). The number of aromatic nitrogens is 1. The Bertz CT molecular complexity index is 628. The van der Waals surface area contributed by atoms with Crippen molar-refractivity contribution in [1.29, 1.82) is 0 Å². The van der Waals surface area contributed by atoms with E-state index < -0.39 is 0 Å². The lowest BCUT2D eigenvalue weighted by atomic mass is 10.1. The molecule has 5 heteroatoms. The molecule has 1 aromatic carbocycles. The third-order valence-corrected chi connectivity index (χ3v) is 3.27. The lowest BCUT2D eigenvalue weighted by Gasteiger charge is -2.07. The molecule has 2 aromatic rings. The lowest BCUT2D eigenvalue weighted by Crippen LogP contribution is -2.07. The minimum atomic E-state index is -0.382. The zero-order valence-electron chi connectivity index (χ0n) is 9.96. The van der Waals surface area contributed by atoms with E-state index in [0.29, 0.717) is 11.2 Å². The molecule has 0 spiro atoms. The number of fused-ring (bicyclic) bond motifs is 1. The number of benzene rings is 1. The third kappa shape index (κ3) is 2.60. The molecule has 1 aromatic heterocycles. The van der Waals surface area contributed by atoms with Crippen LogP contribution in [0.5, 0.6) is 0 Å². The van der Waals surface area contributed by atoms with E-state index in [-0.39, 0.29) is 18.2 Å². The summed E-state index contributed by atoms with van der Waals surface area (Å²) < 4.78 is 19.2. The van der Waals surface area contributed by atoms with Crippen LogP contribution in [0.25, 0.3) is 10.9 Å². The van der Waals surface area contributed by atoms with Gasteiger partial charge in [-0.05, 0) is 53.3 Å². The van der Waals surface area contributed by atoms with E-state index in [0.717, 1.165) is 14.5 Å². The van der Waals surface area contributed by atoms with Crippen molar-refractivity contribution < 1.29 is 13.9 Å². The average Bonchev–Trinajstić information content (AvgIpc) is 2.30. The number of ether oxygens (including phenoxy) is 1. The van der Waals surface area contributed by atoms with Crippen molar-refractivity contribution >= 4 is 39.5 Å². The maximum atomic E-state index is 13.8. The second kappa shape index (κ2) is 5.17. The number of carbonyl (C=O) groups excluding carboxylic acids is 1. The molecule has 0 atom stereocenters. The molecule has 0 radical (unpaired) electrons. The zero-order chi connectivity index (χ0) is 13.3. The van der Waals surface area contributed by atoms with Gasteiger partial charge in [0.2, 0.25) is 0 Å². The van der Waals surface area contributed by atoms with E-state index in [1.54, 1.807) is 6.07 Å². The van der Waals surface area contributed by atoms with Crippen molar-refractivity contribution in [2.24, 2.45) is 0 Å². The first-order valence-electron chi connectivity index (χ1n) is 5.33. The minimum absolute atomic E-state index is 0.0543. The highest BCUT2D eigenvalue weighted by atomic mass is 127. The molecule has 3 nitrogen and oxygen atoms in total. The molecule has 0 amide bonds. The van der Waals surface area contributed by atoms with Crippen molar-refractivity contribution in [3.05, 3.63) is 38.8 Å². The predicted molar refractivity (Wildman–Crippen MR) is 74.9 cm³/mol. The van der Waals surface area contributed by atoms with Gasteiger partial charge in [-0.25, -0.2) is 9.37 Å². The van der Waals surface area contributed by atoms with Gasteiger partial charge in [-0.3, -0.25) is 4.79 Å². The summed E-state index contributed by atoms with van der Waals surface area (Å²) in [4.78, 5) is 15.4. The highest BCUT2D eigenvalue weighted by molar-refractivity contribution is 14.1. The topological polar surface area (TPSA) is 39.2 Å². The van der Waals surface area contributed by atoms with Gasteiger partial charge in [-0.2, -0.15) is 0 Å². The van der Waals surface area contributed by atoms with Crippen LogP contribution in [0.4, 0.5) is 4.39 Å². The normalized spacial score (nSPS) is 10.7. The smallest absolute Gasteiger partial charge is 0.311 e. The fraction of sp³-hybridized carbons (Fsp3) is 0.231. The number of hydrogen-bond acceptors (Lipinski definition) is 3. The summed E-state index contributed by atoms with van der Waals surface area (Å²) in [5.41, 5.74) is 1.72. The molecule has 18 heavy (non-hydrogen) atoms. The molecule has 0 unspecified atom stereocenters. The van der Waals surface area contributed by atoms with Crippen LogP contribution in [0.2, 0.25) is 0 Å². The quantitative estimate of drug-likeness (QED) is 0.611. The summed E-state index contributed by atoms with van der Waals surface area (Å²) in [6.07, 6.45) is 0.0543. The second-order valence-electron chi connectivity index (χ2n) is 3.97. The standard InChI is InChI=1S/C13H11FINO2/c1-7-3-9(6-12(17)18-2)16-13-10(7)4-8(15)5-11(13)14/h3-5H,6H2,1-2H3. The number of rotatable bonds is 2. The average molecular weight is 359 g/mol. The molecule has 94 valence electrons. The van der Waals surface area contributed by atoms with E-state index >= 15 is 0 Å². The SMILES string of the molecule is COC(=O)Cc1cc(C)c2cc(I)cc(F)c2n1. The Hall–Kier alpha value is -1.24. The van der Waals surface area contributed by atoms with Crippen LogP contribution in [0.15, 0.2) is 18.2 Å². The first-order valence-corrected chi connectivity index (χ1v) is 6.41. The van der Waals surface area contributed by atoms with Crippen LogP contribution in [-0.2, 0) is 16.0 Å². The first kappa shape index (κ1) is 13.2. The van der Waals surface area contributed by atoms with Gasteiger partial charge >= 0.3 is 5.97 Å². The number of nitrogens with zero attached hydrogens (tertiary/aromatic N) is 1. The highest BCUT2D eigenvalue weighted by Gasteiger charge is 2.11. The van der Waals surface area contributed by atoms with Crippen LogP contribution in [-0.4, -0.2) is 18.1 Å². The van der Waals surface area contributed by atoms with Gasteiger partial charge in [0.1, 0.15) is 11.3 Å². The molecule has 1 heterocycles. The van der Waals surface area contributed by atoms with E-state index in [4.69, 9.17) is 0 Å². The summed E-state index contributed by atoms with van der Waals surface area (Å²) in [6, 6.07) is 5.09. The van der Waals surface area contributed by atoms with Gasteiger partial charge in [-0.15, -0.1) is 0 Å². The van der Waals surface area contributed by atoms with Gasteiger partial charge < -0.3 is 4.74 Å². The summed E-state index contributed by atoms with van der Waals surface area (Å²) in [7, 11) is 1.32. The number of aryl methyl sites for hydroxylation is 1. The molecule has 0 fully saturated rings. The molecular weight excluding hydrogens is 348 g/mol. The van der Waals surface area contributed by atoms with Crippen molar-refractivity contribution in [3.63, 3.8) is 0 Å². The molecule has 0 bridgehead atoms. The predicted octanol–water partition coefficient (Wildman–Crippen LogP) is 3.00. The largest absolute Gasteiger partial charge is 0.469 e. The molecular formula is C13H11FINO2. The van der Waals surface area contributed by atoms with Crippen LogP contribution in [0.1, 0.15) is 11.3 Å². The number of hydrogen-bond donors (Lipinski definition) is 0. The summed E-state index contributed by atoms with van der Waals surface area (Å²) in [6.45, 7) is 1.88. The van der Waals surface area contributed by atoms with Gasteiger partial charge in [-0.1, -0.05) is 0 Å². The van der Waals surface area contributed by atoms with Crippen LogP contribution >= 0.6 is 22.6 Å². The lowest BCUT2D eigenvalue weighted by molar-refractivity contribution is -0.139. The number of esters is 1. The molecule has 0 saturated carbocycles. The van der Waals surface area contributed by atoms with Crippen molar-refractivity contribution in [2.75, 3.05) is 7.11 Å². The summed E-state index contributed by atoms with van der Waals surface area (Å²) in [5.74, 6) is -0.751. The van der Waals surface area contributed by atoms with E-state index in [1.807, 2.05) is 13.0 Å². The Morgan fingerprint density at radius 1 is 1.44 bits per heavy atom. The number of methoxy groups -OCH3 is 1. The molecule has 0 saturated heterocycles. The summed E-state index contributed by atoms with van der Waals surface area (Å²) in [5, 5.41) is 0.771. The Labute approximate surface area is 117 Å². The molecule has 0 aliphatic rings. The minimum Gasteiger partial charge on any atom is -0.469 e. The second-order valence-corrected chi connectivity index (χ2v) is 5.21. The third-order valence-electron chi connectivity index (χ3n) is 2.64. The van der Waals surface area contributed by atoms with Crippen molar-refractivity contribution in [2.45, 2.75) is 13.3 Å². The number of carbonyl (C=O) groups is 1. The zero-order valence-corrected chi connectivity index (χ0v) is 12.1. The van der Waals surface area contributed by atoms with Gasteiger partial charge in [0, 0.05) is 8.96 Å². The fourth-order valence-corrected chi connectivity index (χ4v) is 2.38. The fourth-order valence-electron chi connectivity index (χ4n) is 1.79. The summed E-state index contributed by atoms with van der Waals surface area (Å²) >= 11 is 2.06. The molecule has 0 N–H and O–H groups in total.